The number of nitrogens with one attached hydrogen (secondary N) is 2. The van der Waals surface area contributed by atoms with E-state index in [1.54, 1.807) is 36.5 Å². The number of nitrogens with zero attached hydrogens (tertiary/aromatic N) is 4. The van der Waals surface area contributed by atoms with Gasteiger partial charge in [0.05, 0.1) is 37.0 Å². The molecule has 46 heavy (non-hydrogen) atoms. The molecular formula is C32H32Cl3N7O4. The smallest absolute Gasteiger partial charge is 0.244 e. The average Bonchev–Trinajstić information content (AvgIpc) is 3.05. The van der Waals surface area contributed by atoms with Crippen LogP contribution in [0.4, 0.5) is 28.7 Å². The van der Waals surface area contributed by atoms with Crippen LogP contribution >= 0.6 is 34.8 Å². The molecule has 2 aromatic carbocycles. The van der Waals surface area contributed by atoms with Crippen molar-refractivity contribution >= 4 is 68.7 Å². The lowest BCUT2D eigenvalue weighted by molar-refractivity contribution is -0.107. The normalized spacial score (nSPS) is 13.8. The van der Waals surface area contributed by atoms with Crippen molar-refractivity contribution in [2.75, 3.05) is 50.2 Å². The number of hydrogen-bond donors (Lipinski definition) is 3. The van der Waals surface area contributed by atoms with Gasteiger partial charge in [0, 0.05) is 49.6 Å². The van der Waals surface area contributed by atoms with Crippen molar-refractivity contribution in [3.05, 3.63) is 77.2 Å². The number of pyridine rings is 1. The Labute approximate surface area is 281 Å². The number of halogens is 3. The molecule has 4 N–H and O–H groups in total. The van der Waals surface area contributed by atoms with Crippen LogP contribution in [0.5, 0.6) is 17.2 Å². The summed E-state index contributed by atoms with van der Waals surface area (Å²) in [6.07, 6.45) is 8.05. The quantitative estimate of drug-likeness (QED) is 0.0801. The lowest BCUT2D eigenvalue weighted by Gasteiger charge is -2.31. The fraction of sp³-hybridized carbons (Fsp3) is 0.250. The Bertz CT molecular complexity index is 1700. The van der Waals surface area contributed by atoms with E-state index in [1.165, 1.54) is 26.6 Å². The Morgan fingerprint density at radius 2 is 1.76 bits per heavy atom. The molecule has 0 saturated carbocycles. The summed E-state index contributed by atoms with van der Waals surface area (Å²) in [7, 11) is 3.02. The zero-order valence-corrected chi connectivity index (χ0v) is 27.4. The molecule has 0 amide bonds. The first-order chi connectivity index (χ1) is 22.2. The number of nitrogens with two attached hydrogens (primary N) is 1. The topological polar surface area (TPSA) is 137 Å². The SMILES string of the molecule is COc1cc(OC)c(Cl)c(Nc2ncccc2-c2cc(Nc3ccc(OC4CCN(C/C=C/C(=O)Cl)CC4)cc3N)ncn2)c1Cl. The van der Waals surface area contributed by atoms with Crippen molar-refractivity contribution in [2.45, 2.75) is 18.9 Å². The van der Waals surface area contributed by atoms with Gasteiger partial charge in [0.1, 0.15) is 51.4 Å². The molecule has 1 fully saturated rings. The van der Waals surface area contributed by atoms with Crippen LogP contribution in [0.3, 0.4) is 0 Å². The Hall–Kier alpha value is -4.29. The van der Waals surface area contributed by atoms with E-state index < -0.39 is 5.24 Å². The molecule has 0 aliphatic carbocycles. The predicted octanol–water partition coefficient (Wildman–Crippen LogP) is 7.10. The van der Waals surface area contributed by atoms with E-state index in [1.807, 2.05) is 18.2 Å². The maximum absolute atomic E-state index is 10.9. The first-order valence-electron chi connectivity index (χ1n) is 14.3. The maximum Gasteiger partial charge on any atom is 0.244 e. The summed E-state index contributed by atoms with van der Waals surface area (Å²) in [5.74, 6) is 2.45. The number of piperidine rings is 1. The largest absolute Gasteiger partial charge is 0.495 e. The van der Waals surface area contributed by atoms with Crippen molar-refractivity contribution in [3.8, 4) is 28.5 Å². The maximum atomic E-state index is 10.9. The van der Waals surface area contributed by atoms with Crippen molar-refractivity contribution in [1.29, 1.82) is 0 Å². The van der Waals surface area contributed by atoms with Crippen LogP contribution in [-0.4, -0.2) is 65.1 Å². The van der Waals surface area contributed by atoms with Crippen molar-refractivity contribution in [2.24, 2.45) is 0 Å². The molecule has 2 aromatic heterocycles. The molecule has 0 radical (unpaired) electrons. The summed E-state index contributed by atoms with van der Waals surface area (Å²) in [5.41, 5.74) is 9.22. The molecule has 1 aliphatic heterocycles. The van der Waals surface area contributed by atoms with Gasteiger partial charge in [-0.05, 0) is 54.8 Å². The highest BCUT2D eigenvalue weighted by atomic mass is 35.5. The van der Waals surface area contributed by atoms with Gasteiger partial charge in [-0.2, -0.15) is 0 Å². The number of anilines is 5. The van der Waals surface area contributed by atoms with Gasteiger partial charge in [-0.3, -0.25) is 9.69 Å². The third-order valence-corrected chi connectivity index (χ3v) is 8.18. The molecule has 5 rings (SSSR count). The molecule has 0 unspecified atom stereocenters. The van der Waals surface area contributed by atoms with Crippen LogP contribution in [0.15, 0.2) is 67.1 Å². The highest BCUT2D eigenvalue weighted by molar-refractivity contribution is 6.66. The lowest BCUT2D eigenvalue weighted by Crippen LogP contribution is -2.38. The van der Waals surface area contributed by atoms with E-state index in [4.69, 9.17) is 54.7 Å². The molecule has 240 valence electrons. The number of carbonyl (C=O) groups is 1. The highest BCUT2D eigenvalue weighted by Gasteiger charge is 2.21. The van der Waals surface area contributed by atoms with Crippen LogP contribution < -0.4 is 30.6 Å². The van der Waals surface area contributed by atoms with E-state index in [2.05, 4.69) is 30.5 Å². The van der Waals surface area contributed by atoms with Gasteiger partial charge >= 0.3 is 0 Å². The zero-order valence-electron chi connectivity index (χ0n) is 25.1. The summed E-state index contributed by atoms with van der Waals surface area (Å²) in [4.78, 5) is 26.5. The monoisotopic (exact) mass is 683 g/mol. The number of aromatic nitrogens is 3. The minimum absolute atomic E-state index is 0.0719. The minimum atomic E-state index is -0.465. The number of likely N-dealkylation sites (tertiary alicyclic amines) is 1. The summed E-state index contributed by atoms with van der Waals surface area (Å²) < 4.78 is 17.0. The van der Waals surface area contributed by atoms with Crippen LogP contribution in [0.2, 0.25) is 10.0 Å². The molecule has 0 bridgehead atoms. The van der Waals surface area contributed by atoms with Gasteiger partial charge in [-0.1, -0.05) is 29.3 Å². The number of benzene rings is 2. The Morgan fingerprint density at radius 3 is 2.43 bits per heavy atom. The molecule has 4 aromatic rings. The van der Waals surface area contributed by atoms with Crippen LogP contribution in [0.25, 0.3) is 11.3 Å². The predicted molar refractivity (Wildman–Crippen MR) is 182 cm³/mol. The number of rotatable bonds is 12. The lowest BCUT2D eigenvalue weighted by atomic mass is 10.1. The third-order valence-electron chi connectivity index (χ3n) is 7.30. The fourth-order valence-corrected chi connectivity index (χ4v) is 5.65. The molecule has 0 atom stereocenters. The third kappa shape index (κ3) is 8.10. The van der Waals surface area contributed by atoms with Gasteiger partial charge in [0.15, 0.2) is 0 Å². The number of methoxy groups -OCH3 is 2. The Balaban J connectivity index is 1.27. The standard InChI is InChI=1S/C32H32Cl3N7O4/c1-44-25-17-26(45-2)30(35)31(29(25)34)41-32-21(5-3-11-37-32)24-16-28(39-18-38-24)40-23-8-7-20(15-22(23)36)46-19-9-13-42(14-10-19)12-4-6-27(33)43/h3-8,11,15-19H,9-10,12-14,36H2,1-2H3,(H,37,41)(H,38,39,40)/b6-4+. The molecule has 1 saturated heterocycles. The van der Waals surface area contributed by atoms with E-state index in [0.29, 0.717) is 63.7 Å². The van der Waals surface area contributed by atoms with E-state index >= 15 is 0 Å². The second-order valence-corrected chi connectivity index (χ2v) is 11.4. The molecular weight excluding hydrogens is 653 g/mol. The Morgan fingerprint density at radius 1 is 1.02 bits per heavy atom. The summed E-state index contributed by atoms with van der Waals surface area (Å²) in [6, 6.07) is 12.6. The van der Waals surface area contributed by atoms with E-state index in [9.17, 15) is 4.79 Å². The minimum Gasteiger partial charge on any atom is -0.495 e. The van der Waals surface area contributed by atoms with Gasteiger partial charge in [-0.25, -0.2) is 15.0 Å². The van der Waals surface area contributed by atoms with Gasteiger partial charge in [0.2, 0.25) is 5.24 Å². The van der Waals surface area contributed by atoms with Crippen molar-refractivity contribution in [1.82, 2.24) is 19.9 Å². The number of allylic oxidation sites excluding steroid dienone is 1. The van der Waals surface area contributed by atoms with Crippen LogP contribution in [-0.2, 0) is 4.79 Å². The second kappa shape index (κ2) is 15.3. The van der Waals surface area contributed by atoms with Gasteiger partial charge in [0.25, 0.3) is 0 Å². The average molecular weight is 685 g/mol. The first kappa shape index (κ1) is 33.1. The van der Waals surface area contributed by atoms with Crippen molar-refractivity contribution < 1.29 is 19.0 Å². The summed E-state index contributed by atoms with van der Waals surface area (Å²) >= 11 is 18.5. The zero-order chi connectivity index (χ0) is 32.6. The molecule has 14 heteroatoms. The fourth-order valence-electron chi connectivity index (χ4n) is 4.96. The van der Waals surface area contributed by atoms with Crippen molar-refractivity contribution in [3.63, 3.8) is 0 Å². The first-order valence-corrected chi connectivity index (χ1v) is 15.4. The van der Waals surface area contributed by atoms with Crippen LogP contribution in [0.1, 0.15) is 12.8 Å². The molecule has 11 nitrogen and oxygen atoms in total. The van der Waals surface area contributed by atoms with E-state index in [-0.39, 0.29) is 16.1 Å². The number of nitrogen functional groups attached to an aromatic ring is 1. The van der Waals surface area contributed by atoms with E-state index in [0.717, 1.165) is 25.9 Å². The number of ether oxygens (including phenoxy) is 3. The number of hydrogen-bond acceptors (Lipinski definition) is 11. The summed E-state index contributed by atoms with van der Waals surface area (Å²) in [5, 5.41) is 6.57. The van der Waals surface area contributed by atoms with Gasteiger partial charge in [-0.15, -0.1) is 0 Å². The Kier molecular flexibility index (Phi) is 11.0. The summed E-state index contributed by atoms with van der Waals surface area (Å²) in [6.45, 7) is 2.40. The van der Waals surface area contributed by atoms with Crippen LogP contribution in [0, 0.1) is 0 Å². The number of carbonyl (C=O) groups excluding carboxylic acids is 1. The second-order valence-electron chi connectivity index (χ2n) is 10.3. The highest BCUT2D eigenvalue weighted by Crippen LogP contribution is 2.46. The molecule has 3 heterocycles. The molecule has 1 aliphatic rings. The molecule has 0 spiro atoms. The van der Waals surface area contributed by atoms with Gasteiger partial charge < -0.3 is 30.6 Å².